The minimum atomic E-state index is -1.10. The number of hydrogen-bond acceptors (Lipinski definition) is 6. The van der Waals surface area contributed by atoms with Gasteiger partial charge in [0.25, 0.3) is 0 Å². The maximum atomic E-state index is 11.8. The van der Waals surface area contributed by atoms with Crippen LogP contribution in [0.4, 0.5) is 0 Å². The van der Waals surface area contributed by atoms with Crippen molar-refractivity contribution in [3.8, 4) is 11.5 Å². The molecule has 146 valence electrons. The number of aryl methyl sites for hydroxylation is 1. The van der Waals surface area contributed by atoms with E-state index in [0.29, 0.717) is 18.5 Å². The Balaban J connectivity index is 1.41. The van der Waals surface area contributed by atoms with Gasteiger partial charge in [-0.15, -0.1) is 0 Å². The number of rotatable bonds is 5. The maximum Gasteiger partial charge on any atom is 0.522 e. The Bertz CT molecular complexity index is 716. The number of benzene rings is 1. The zero-order chi connectivity index (χ0) is 19.0. The number of nitrogens with zero attached hydrogens (tertiary/aromatic N) is 1. The lowest BCUT2D eigenvalue weighted by Crippen LogP contribution is -2.61. The Morgan fingerprint density at radius 3 is 2.78 bits per heavy atom. The third-order valence-electron chi connectivity index (χ3n) is 5.93. The molecule has 0 radical (unpaired) electrons. The smallest absolute Gasteiger partial charge is 0.522 e. The number of hydrogen-bond donors (Lipinski definition) is 3. The lowest BCUT2D eigenvalue weighted by atomic mass is 9.78. The second-order valence-corrected chi connectivity index (χ2v) is 8.20. The number of likely N-dealkylation sites (tertiary alicyclic amines) is 1. The van der Waals surface area contributed by atoms with Gasteiger partial charge in [0.15, 0.2) is 0 Å². The molecule has 4 rings (SSSR count). The summed E-state index contributed by atoms with van der Waals surface area (Å²) in [6, 6.07) is 3.54. The van der Waals surface area contributed by atoms with Gasteiger partial charge in [0.05, 0.1) is 0 Å². The largest absolute Gasteiger partial charge is 0.535 e. The highest BCUT2D eigenvalue weighted by molar-refractivity contribution is 6.44. The van der Waals surface area contributed by atoms with Gasteiger partial charge in [-0.25, -0.2) is 4.79 Å². The van der Waals surface area contributed by atoms with Crippen LogP contribution in [0.5, 0.6) is 11.5 Å². The Morgan fingerprint density at radius 1 is 1.33 bits per heavy atom. The van der Waals surface area contributed by atoms with Crippen LogP contribution in [-0.2, 0) is 6.42 Å². The molecule has 4 N–H and O–H groups in total. The highest BCUT2D eigenvalue weighted by Gasteiger charge is 2.37. The van der Waals surface area contributed by atoms with Gasteiger partial charge in [-0.3, -0.25) is 4.90 Å². The van der Waals surface area contributed by atoms with Crippen LogP contribution in [0.25, 0.3) is 0 Å². The molecular weight excluding hydrogens is 347 g/mol. The van der Waals surface area contributed by atoms with E-state index in [4.69, 9.17) is 15.1 Å². The lowest BCUT2D eigenvalue weighted by molar-refractivity contribution is 0.000798. The van der Waals surface area contributed by atoms with Crippen LogP contribution >= 0.6 is 0 Å². The molecule has 2 heterocycles. The van der Waals surface area contributed by atoms with Crippen LogP contribution in [-0.4, -0.2) is 59.4 Å². The fraction of sp³-hybridized carbons (Fsp3) is 0.632. The summed E-state index contributed by atoms with van der Waals surface area (Å²) in [5, 5.41) is 19.4. The monoisotopic (exact) mass is 374 g/mol. The van der Waals surface area contributed by atoms with E-state index in [1.54, 1.807) is 6.07 Å². The van der Waals surface area contributed by atoms with Crippen molar-refractivity contribution >= 4 is 13.1 Å². The zero-order valence-corrected chi connectivity index (χ0v) is 15.5. The van der Waals surface area contributed by atoms with E-state index in [1.165, 1.54) is 19.3 Å². The van der Waals surface area contributed by atoms with Crippen LogP contribution in [0.1, 0.15) is 48.0 Å². The standard InChI is InChI=1S/C19H27BN2O5/c21-19(7-2-1-3-8-19)12-22-10-14(11-22)26-15-5-4-13-6-9-20(25)27-17(13)16(15)18(23)24/h4-5,14,25H,1-3,6-12,21H2,(H,23,24). The second-order valence-electron chi connectivity index (χ2n) is 8.20. The fourth-order valence-corrected chi connectivity index (χ4v) is 4.48. The molecule has 2 aliphatic heterocycles. The molecule has 0 amide bonds. The Morgan fingerprint density at radius 2 is 2.07 bits per heavy atom. The minimum absolute atomic E-state index is 0.00674. The molecule has 0 unspecified atom stereocenters. The van der Waals surface area contributed by atoms with Crippen LogP contribution in [0.3, 0.4) is 0 Å². The third-order valence-corrected chi connectivity index (χ3v) is 5.93. The van der Waals surface area contributed by atoms with Crippen LogP contribution < -0.4 is 15.1 Å². The molecule has 0 atom stereocenters. The molecule has 8 heteroatoms. The molecule has 1 saturated carbocycles. The molecule has 2 fully saturated rings. The molecule has 0 spiro atoms. The number of carboxylic acid groups (broad SMARTS) is 1. The second kappa shape index (κ2) is 7.33. The van der Waals surface area contributed by atoms with E-state index in [-0.39, 0.29) is 23.0 Å². The summed E-state index contributed by atoms with van der Waals surface area (Å²) in [7, 11) is -0.971. The van der Waals surface area contributed by atoms with E-state index in [9.17, 15) is 14.9 Å². The summed E-state index contributed by atoms with van der Waals surface area (Å²) in [5.74, 6) is -0.562. The number of fused-ring (bicyclic) bond motifs is 1. The predicted molar refractivity (Wildman–Crippen MR) is 101 cm³/mol. The molecule has 7 nitrogen and oxygen atoms in total. The van der Waals surface area contributed by atoms with Crippen LogP contribution in [0.2, 0.25) is 6.32 Å². The topological polar surface area (TPSA) is 105 Å². The van der Waals surface area contributed by atoms with E-state index >= 15 is 0 Å². The quantitative estimate of drug-likeness (QED) is 0.671. The number of nitrogens with two attached hydrogens (primary N) is 1. The van der Waals surface area contributed by atoms with E-state index in [2.05, 4.69) is 4.90 Å². The van der Waals surface area contributed by atoms with Gasteiger partial charge in [-0.05, 0) is 37.2 Å². The van der Waals surface area contributed by atoms with Gasteiger partial charge >= 0.3 is 13.1 Å². The summed E-state index contributed by atoms with van der Waals surface area (Å²) in [4.78, 5) is 14.1. The lowest BCUT2D eigenvalue weighted by Gasteiger charge is -2.45. The van der Waals surface area contributed by atoms with E-state index in [0.717, 1.165) is 38.0 Å². The van der Waals surface area contributed by atoms with Crippen molar-refractivity contribution in [1.29, 1.82) is 0 Å². The van der Waals surface area contributed by atoms with Gasteiger partial charge in [0.1, 0.15) is 23.2 Å². The highest BCUT2D eigenvalue weighted by atomic mass is 16.5. The first-order chi connectivity index (χ1) is 12.9. The summed E-state index contributed by atoms with van der Waals surface area (Å²) >= 11 is 0. The van der Waals surface area contributed by atoms with E-state index < -0.39 is 13.1 Å². The van der Waals surface area contributed by atoms with Crippen LogP contribution in [0, 0.1) is 0 Å². The molecule has 1 aromatic carbocycles. The molecule has 27 heavy (non-hydrogen) atoms. The average Bonchev–Trinajstić information content (AvgIpc) is 2.59. The first-order valence-electron chi connectivity index (χ1n) is 9.85. The summed E-state index contributed by atoms with van der Waals surface area (Å²) in [5.41, 5.74) is 7.23. The number of aromatic carboxylic acids is 1. The average molecular weight is 374 g/mol. The number of carboxylic acids is 1. The van der Waals surface area contributed by atoms with E-state index in [1.807, 2.05) is 6.07 Å². The van der Waals surface area contributed by atoms with Crippen LogP contribution in [0.15, 0.2) is 12.1 Å². The van der Waals surface area contributed by atoms with Gasteiger partial charge in [0.2, 0.25) is 0 Å². The van der Waals surface area contributed by atoms with Crippen molar-refractivity contribution in [3.63, 3.8) is 0 Å². The Kier molecular flexibility index (Phi) is 5.05. The highest BCUT2D eigenvalue weighted by Crippen LogP contribution is 2.37. The minimum Gasteiger partial charge on any atom is -0.535 e. The maximum absolute atomic E-state index is 11.8. The fourth-order valence-electron chi connectivity index (χ4n) is 4.48. The molecule has 0 bridgehead atoms. The van der Waals surface area contributed by atoms with Crippen molar-refractivity contribution in [1.82, 2.24) is 4.90 Å². The van der Waals surface area contributed by atoms with Gasteiger partial charge in [-0.1, -0.05) is 25.3 Å². The first kappa shape index (κ1) is 18.6. The first-order valence-corrected chi connectivity index (χ1v) is 9.85. The zero-order valence-electron chi connectivity index (χ0n) is 15.5. The number of ether oxygens (including phenoxy) is 1. The Hall–Kier alpha value is -1.77. The SMILES string of the molecule is NC1(CN2CC(Oc3ccc4c(c3C(=O)O)OB(O)CC4)C2)CCCCC1. The summed E-state index contributed by atoms with van der Waals surface area (Å²) < 4.78 is 11.4. The molecule has 1 aromatic rings. The molecule has 1 aliphatic carbocycles. The summed E-state index contributed by atoms with van der Waals surface area (Å²) in [6.45, 7) is 2.37. The third kappa shape index (κ3) is 3.93. The normalized spacial score (nSPS) is 22.5. The van der Waals surface area contributed by atoms with Gasteiger partial charge in [-0.2, -0.15) is 0 Å². The van der Waals surface area contributed by atoms with Crippen molar-refractivity contribution in [2.75, 3.05) is 19.6 Å². The summed E-state index contributed by atoms with van der Waals surface area (Å²) in [6.07, 6.45) is 6.82. The van der Waals surface area contributed by atoms with Crippen molar-refractivity contribution in [3.05, 3.63) is 23.3 Å². The number of carbonyl (C=O) groups is 1. The molecule has 1 saturated heterocycles. The van der Waals surface area contributed by atoms with Crippen molar-refractivity contribution < 1.29 is 24.3 Å². The predicted octanol–water partition coefficient (Wildman–Crippen LogP) is 1.52. The van der Waals surface area contributed by atoms with Gasteiger partial charge < -0.3 is 25.3 Å². The van der Waals surface area contributed by atoms with Crippen molar-refractivity contribution in [2.45, 2.75) is 56.5 Å². The molecule has 3 aliphatic rings. The molecule has 0 aromatic heterocycles. The van der Waals surface area contributed by atoms with Gasteiger partial charge in [0, 0.05) is 25.2 Å². The van der Waals surface area contributed by atoms with Crippen molar-refractivity contribution in [2.24, 2.45) is 5.73 Å². The molecular formula is C19H27BN2O5. The Labute approximate surface area is 159 Å².